The molecule has 0 radical (unpaired) electrons. The van der Waals surface area contributed by atoms with Crippen molar-refractivity contribution in [2.24, 2.45) is 0 Å². The molecule has 0 unspecified atom stereocenters. The number of aromatic nitrogens is 2. The third-order valence-corrected chi connectivity index (χ3v) is 4.36. The first-order valence-corrected chi connectivity index (χ1v) is 9.94. The Balaban J connectivity index is 0.000000479. The molecule has 0 amide bonds. The molecule has 0 aliphatic heterocycles. The molecular formula is C23H24F3N3O4. The molecule has 0 saturated heterocycles. The van der Waals surface area contributed by atoms with Gasteiger partial charge in [-0.1, -0.05) is 30.3 Å². The molecule has 7 nitrogen and oxygen atoms in total. The van der Waals surface area contributed by atoms with E-state index in [4.69, 9.17) is 14.6 Å². The van der Waals surface area contributed by atoms with Gasteiger partial charge in [0.05, 0.1) is 18.4 Å². The van der Waals surface area contributed by atoms with E-state index in [-0.39, 0.29) is 0 Å². The van der Waals surface area contributed by atoms with Crippen molar-refractivity contribution in [1.82, 2.24) is 9.97 Å². The molecule has 1 aromatic heterocycles. The number of carboxylic acids is 1. The van der Waals surface area contributed by atoms with Gasteiger partial charge >= 0.3 is 12.1 Å². The lowest BCUT2D eigenvalue weighted by Gasteiger charge is -2.13. The summed E-state index contributed by atoms with van der Waals surface area (Å²) in [6.07, 6.45) is -4.15. The van der Waals surface area contributed by atoms with Gasteiger partial charge in [0, 0.05) is 18.2 Å². The molecule has 0 fully saturated rings. The molecule has 0 spiro atoms. The maximum absolute atomic E-state index is 10.6. The zero-order valence-corrected chi connectivity index (χ0v) is 18.0. The Labute approximate surface area is 188 Å². The summed E-state index contributed by atoms with van der Waals surface area (Å²) >= 11 is 0. The van der Waals surface area contributed by atoms with Crippen LogP contribution in [0.25, 0.3) is 11.3 Å². The van der Waals surface area contributed by atoms with Gasteiger partial charge in [-0.2, -0.15) is 13.2 Å². The molecule has 3 rings (SSSR count). The van der Waals surface area contributed by atoms with E-state index in [1.807, 2.05) is 68.4 Å². The van der Waals surface area contributed by atoms with Crippen LogP contribution in [0.5, 0.6) is 5.75 Å². The van der Waals surface area contributed by atoms with Gasteiger partial charge in [0.1, 0.15) is 17.9 Å². The van der Waals surface area contributed by atoms with Crippen LogP contribution in [0.15, 0.2) is 60.9 Å². The highest BCUT2D eigenvalue weighted by atomic mass is 19.4. The number of carbonyl (C=O) groups is 1. The number of aliphatic hydroxyl groups is 1. The maximum atomic E-state index is 10.6. The predicted molar refractivity (Wildman–Crippen MR) is 117 cm³/mol. The Morgan fingerprint density at radius 2 is 1.79 bits per heavy atom. The average molecular weight is 463 g/mol. The van der Waals surface area contributed by atoms with Gasteiger partial charge in [-0.05, 0) is 43.2 Å². The highest BCUT2D eigenvalue weighted by molar-refractivity contribution is 5.73. The molecule has 10 heteroatoms. The smallest absolute Gasteiger partial charge is 0.490 e. The number of anilines is 1. The number of halogens is 3. The minimum Gasteiger partial charge on any atom is -0.494 e. The molecule has 3 aromatic rings. The van der Waals surface area contributed by atoms with E-state index in [1.54, 1.807) is 0 Å². The number of alkyl halides is 3. The Morgan fingerprint density at radius 3 is 2.36 bits per heavy atom. The van der Waals surface area contributed by atoms with E-state index >= 15 is 0 Å². The minimum absolute atomic E-state index is 0.378. The summed E-state index contributed by atoms with van der Waals surface area (Å²) in [6.45, 7) is 5.02. The highest BCUT2D eigenvalue weighted by Gasteiger charge is 2.38. The second-order valence-corrected chi connectivity index (χ2v) is 6.81. The van der Waals surface area contributed by atoms with Gasteiger partial charge in [-0.15, -0.1) is 0 Å². The van der Waals surface area contributed by atoms with Crippen molar-refractivity contribution in [3.05, 3.63) is 72.1 Å². The van der Waals surface area contributed by atoms with E-state index in [2.05, 4.69) is 15.3 Å². The standard InChI is InChI=1S/C21H23N3O2.C2HF3O2/c1-3-26-17-9-10-18(15(2)11-17)19-12-21(24-14-23-19)22-13-20(25)16-7-5-4-6-8-16;3-2(4,5)1(6)7/h4-12,14,20,25H,3,13H2,1-2H3,(H,22,23,24);(H,6,7)/t20-;/m0./s1. The van der Waals surface area contributed by atoms with Crippen LogP contribution < -0.4 is 10.1 Å². The number of benzene rings is 2. The minimum atomic E-state index is -5.08. The first kappa shape index (κ1) is 25.6. The molecule has 0 aliphatic carbocycles. The van der Waals surface area contributed by atoms with Crippen molar-refractivity contribution in [3.63, 3.8) is 0 Å². The van der Waals surface area contributed by atoms with E-state index in [1.165, 1.54) is 6.33 Å². The molecule has 33 heavy (non-hydrogen) atoms. The number of aryl methyl sites for hydroxylation is 1. The Bertz CT molecular complexity index is 1050. The number of rotatable bonds is 7. The number of nitrogens with zero attached hydrogens (tertiary/aromatic N) is 2. The number of aliphatic carboxylic acids is 1. The summed E-state index contributed by atoms with van der Waals surface area (Å²) in [4.78, 5) is 17.5. The van der Waals surface area contributed by atoms with Crippen molar-refractivity contribution >= 4 is 11.8 Å². The second kappa shape index (κ2) is 11.8. The monoisotopic (exact) mass is 463 g/mol. The Hall–Kier alpha value is -3.66. The topological polar surface area (TPSA) is 105 Å². The van der Waals surface area contributed by atoms with Gasteiger partial charge in [-0.25, -0.2) is 14.8 Å². The van der Waals surface area contributed by atoms with Crippen LogP contribution in [0.3, 0.4) is 0 Å². The molecule has 0 aliphatic rings. The van der Waals surface area contributed by atoms with Gasteiger partial charge < -0.3 is 20.3 Å². The summed E-state index contributed by atoms with van der Waals surface area (Å²) in [6, 6.07) is 17.4. The normalized spacial score (nSPS) is 11.7. The summed E-state index contributed by atoms with van der Waals surface area (Å²) in [5, 5.41) is 20.6. The fourth-order valence-electron chi connectivity index (χ4n) is 2.78. The number of hydrogen-bond acceptors (Lipinski definition) is 6. The van der Waals surface area contributed by atoms with Crippen molar-refractivity contribution < 1.29 is 32.9 Å². The van der Waals surface area contributed by atoms with Gasteiger partial charge in [-0.3, -0.25) is 0 Å². The number of ether oxygens (including phenoxy) is 1. The van der Waals surface area contributed by atoms with Crippen molar-refractivity contribution in [2.45, 2.75) is 26.1 Å². The SMILES string of the molecule is CCOc1ccc(-c2cc(NC[C@H](O)c3ccccc3)ncn2)c(C)c1.O=C(O)C(F)(F)F. The Kier molecular flexibility index (Phi) is 9.17. The van der Waals surface area contributed by atoms with Crippen molar-refractivity contribution in [2.75, 3.05) is 18.5 Å². The van der Waals surface area contributed by atoms with E-state index in [0.717, 1.165) is 28.1 Å². The molecule has 1 heterocycles. The first-order chi connectivity index (χ1) is 15.6. The summed E-state index contributed by atoms with van der Waals surface area (Å²) in [5.74, 6) is -1.22. The van der Waals surface area contributed by atoms with Crippen LogP contribution in [-0.4, -0.2) is 45.5 Å². The first-order valence-electron chi connectivity index (χ1n) is 9.94. The Morgan fingerprint density at radius 1 is 1.12 bits per heavy atom. The number of hydrogen-bond donors (Lipinski definition) is 3. The van der Waals surface area contributed by atoms with E-state index < -0.39 is 18.2 Å². The van der Waals surface area contributed by atoms with Crippen LogP contribution in [0.1, 0.15) is 24.2 Å². The van der Waals surface area contributed by atoms with Gasteiger partial charge in [0.15, 0.2) is 0 Å². The van der Waals surface area contributed by atoms with E-state index in [9.17, 15) is 18.3 Å². The van der Waals surface area contributed by atoms with Crippen molar-refractivity contribution in [3.8, 4) is 17.0 Å². The van der Waals surface area contributed by atoms with E-state index in [0.29, 0.717) is 19.0 Å². The summed E-state index contributed by atoms with van der Waals surface area (Å²) in [5.41, 5.74) is 3.82. The van der Waals surface area contributed by atoms with Gasteiger partial charge in [0.25, 0.3) is 0 Å². The molecule has 0 bridgehead atoms. The summed E-state index contributed by atoms with van der Waals surface area (Å²) < 4.78 is 37.3. The number of carboxylic acid groups (broad SMARTS) is 1. The highest BCUT2D eigenvalue weighted by Crippen LogP contribution is 2.26. The summed E-state index contributed by atoms with van der Waals surface area (Å²) in [7, 11) is 0. The fourth-order valence-corrected chi connectivity index (χ4v) is 2.78. The third-order valence-electron chi connectivity index (χ3n) is 4.36. The molecule has 176 valence electrons. The lowest BCUT2D eigenvalue weighted by atomic mass is 10.1. The third kappa shape index (κ3) is 8.08. The van der Waals surface area contributed by atoms with Crippen LogP contribution in [0.2, 0.25) is 0 Å². The maximum Gasteiger partial charge on any atom is 0.490 e. The van der Waals surface area contributed by atoms with Crippen LogP contribution in [0.4, 0.5) is 19.0 Å². The second-order valence-electron chi connectivity index (χ2n) is 6.81. The van der Waals surface area contributed by atoms with Crippen LogP contribution >= 0.6 is 0 Å². The largest absolute Gasteiger partial charge is 0.494 e. The van der Waals surface area contributed by atoms with Crippen molar-refractivity contribution in [1.29, 1.82) is 0 Å². The quantitative estimate of drug-likeness (QED) is 0.469. The molecule has 0 saturated carbocycles. The number of nitrogens with one attached hydrogen (secondary N) is 1. The lowest BCUT2D eigenvalue weighted by molar-refractivity contribution is -0.192. The molecule has 2 aromatic carbocycles. The van der Waals surface area contributed by atoms with Crippen LogP contribution in [-0.2, 0) is 4.79 Å². The lowest BCUT2D eigenvalue weighted by Crippen LogP contribution is -2.21. The average Bonchev–Trinajstić information content (AvgIpc) is 2.78. The molecule has 1 atom stereocenters. The zero-order chi connectivity index (χ0) is 24.4. The predicted octanol–water partition coefficient (Wildman–Crippen LogP) is 4.63. The van der Waals surface area contributed by atoms with Crippen LogP contribution in [0, 0.1) is 6.92 Å². The number of aliphatic hydroxyl groups excluding tert-OH is 1. The molecular weight excluding hydrogens is 439 g/mol. The molecule has 3 N–H and O–H groups in total. The van der Waals surface area contributed by atoms with Gasteiger partial charge in [0.2, 0.25) is 0 Å². The fraction of sp³-hybridized carbons (Fsp3) is 0.261. The zero-order valence-electron chi connectivity index (χ0n) is 18.0.